The van der Waals surface area contributed by atoms with Gasteiger partial charge >= 0.3 is 6.03 Å². The van der Waals surface area contributed by atoms with Gasteiger partial charge in [0.15, 0.2) is 0 Å². The first-order chi connectivity index (χ1) is 15.0. The predicted molar refractivity (Wildman–Crippen MR) is 117 cm³/mol. The van der Waals surface area contributed by atoms with Crippen molar-refractivity contribution in [3.8, 4) is 0 Å². The van der Waals surface area contributed by atoms with Crippen LogP contribution in [0.5, 0.6) is 0 Å². The number of nitro groups is 1. The minimum atomic E-state index is -0.491. The molecular weight excluding hydrogens is 398 g/mol. The number of nitrogens with one attached hydrogen (secondary N) is 3. The topological polar surface area (TPSA) is 117 Å². The highest BCUT2D eigenvalue weighted by atomic mass is 16.6. The van der Waals surface area contributed by atoms with E-state index in [1.807, 2.05) is 0 Å². The summed E-state index contributed by atoms with van der Waals surface area (Å²) in [5.41, 5.74) is 0.117. The smallest absolute Gasteiger partial charge is 0.315 e. The molecule has 168 valence electrons. The van der Waals surface area contributed by atoms with E-state index in [1.54, 1.807) is 18.2 Å². The number of para-hydroxylation sites is 2. The normalized spacial score (nSPS) is 26.3. The summed E-state index contributed by atoms with van der Waals surface area (Å²) in [6, 6.07) is 7.01. The molecule has 0 radical (unpaired) electrons. The van der Waals surface area contributed by atoms with Crippen LogP contribution in [0.15, 0.2) is 24.3 Å². The zero-order valence-electron chi connectivity index (χ0n) is 17.7. The average molecular weight is 430 g/mol. The van der Waals surface area contributed by atoms with Crippen LogP contribution < -0.4 is 16.0 Å². The number of nitrogens with zero attached hydrogens (tertiary/aromatic N) is 2. The molecule has 0 spiro atoms. The third-order valence-electron chi connectivity index (χ3n) is 6.86. The molecule has 31 heavy (non-hydrogen) atoms. The molecule has 0 aromatic heterocycles. The molecule has 2 unspecified atom stereocenters. The lowest BCUT2D eigenvalue weighted by molar-refractivity contribution is -0.383. The fraction of sp³-hybridized carbons (Fsp3) is 0.636. The van der Waals surface area contributed by atoms with E-state index in [1.165, 1.54) is 25.3 Å². The van der Waals surface area contributed by atoms with Crippen LogP contribution >= 0.6 is 0 Å². The second-order valence-electron chi connectivity index (χ2n) is 9.00. The van der Waals surface area contributed by atoms with Gasteiger partial charge in [0.05, 0.1) is 11.5 Å². The number of nitro benzene ring substituents is 1. The molecule has 4 rings (SSSR count). The van der Waals surface area contributed by atoms with E-state index >= 15 is 0 Å². The van der Waals surface area contributed by atoms with Crippen molar-refractivity contribution in [1.29, 1.82) is 0 Å². The van der Waals surface area contributed by atoms with Crippen molar-refractivity contribution in [2.24, 2.45) is 0 Å². The molecule has 1 aliphatic carbocycles. The second kappa shape index (κ2) is 9.64. The lowest BCUT2D eigenvalue weighted by Crippen LogP contribution is -2.54. The number of rotatable bonds is 6. The van der Waals surface area contributed by atoms with Gasteiger partial charge in [-0.05, 0) is 44.6 Å². The van der Waals surface area contributed by atoms with E-state index in [9.17, 15) is 19.7 Å². The number of anilines is 1. The second-order valence-corrected chi connectivity index (χ2v) is 9.00. The number of urea groups is 1. The molecule has 3 N–H and O–H groups in total. The Hall–Kier alpha value is -2.68. The van der Waals surface area contributed by atoms with Crippen molar-refractivity contribution >= 4 is 23.3 Å². The summed E-state index contributed by atoms with van der Waals surface area (Å²) in [6.45, 7) is 0.211. The zero-order chi connectivity index (χ0) is 21.8. The summed E-state index contributed by atoms with van der Waals surface area (Å²) in [4.78, 5) is 37.9. The summed E-state index contributed by atoms with van der Waals surface area (Å²) >= 11 is 0. The van der Waals surface area contributed by atoms with Crippen molar-refractivity contribution in [3.05, 3.63) is 34.4 Å². The highest BCUT2D eigenvalue weighted by Crippen LogP contribution is 2.35. The third-order valence-corrected chi connectivity index (χ3v) is 6.86. The molecule has 2 saturated heterocycles. The Labute approximate surface area is 182 Å². The van der Waals surface area contributed by atoms with Gasteiger partial charge in [0.2, 0.25) is 5.91 Å². The maximum absolute atomic E-state index is 12.6. The number of carbonyl (C=O) groups excluding carboxylic acids is 2. The molecule has 3 fully saturated rings. The number of piperidine rings is 1. The van der Waals surface area contributed by atoms with Gasteiger partial charge in [-0.2, -0.15) is 0 Å². The van der Waals surface area contributed by atoms with E-state index in [-0.39, 0.29) is 54.0 Å². The third kappa shape index (κ3) is 5.33. The standard InChI is InChI=1S/C22H31N5O4/c28-21(25-19-8-4-5-9-20(19)27(30)31)14-26-17-10-11-18(26)13-16(12-17)24-22(29)23-15-6-2-1-3-7-15/h4-5,8-9,15-18H,1-3,6-7,10-14H2,(H,25,28)(H2,23,24,29). The van der Waals surface area contributed by atoms with Crippen LogP contribution in [0.3, 0.4) is 0 Å². The zero-order valence-corrected chi connectivity index (χ0v) is 17.7. The summed E-state index contributed by atoms with van der Waals surface area (Å²) < 4.78 is 0. The molecule has 1 aromatic rings. The Morgan fingerprint density at radius 3 is 2.29 bits per heavy atom. The quantitative estimate of drug-likeness (QED) is 0.474. The molecule has 1 saturated carbocycles. The highest BCUT2D eigenvalue weighted by molar-refractivity contribution is 5.94. The molecule has 3 amide bonds. The van der Waals surface area contributed by atoms with E-state index < -0.39 is 4.92 Å². The SMILES string of the molecule is O=C(CN1C2CCC1CC(NC(=O)NC1CCCCC1)C2)Nc1ccccc1[N+](=O)[O-]. The monoisotopic (exact) mass is 429 g/mol. The van der Waals surface area contributed by atoms with Crippen molar-refractivity contribution < 1.29 is 14.5 Å². The molecule has 2 heterocycles. The predicted octanol–water partition coefficient (Wildman–Crippen LogP) is 3.16. The Bertz CT molecular complexity index is 812. The van der Waals surface area contributed by atoms with Crippen molar-refractivity contribution in [1.82, 2.24) is 15.5 Å². The van der Waals surface area contributed by atoms with Crippen LogP contribution in [0, 0.1) is 10.1 Å². The van der Waals surface area contributed by atoms with E-state index in [0.717, 1.165) is 38.5 Å². The molecule has 3 aliphatic rings. The van der Waals surface area contributed by atoms with Gasteiger partial charge in [-0.25, -0.2) is 4.79 Å². The maximum atomic E-state index is 12.6. The summed E-state index contributed by atoms with van der Waals surface area (Å²) in [5.74, 6) is -0.243. The van der Waals surface area contributed by atoms with Crippen LogP contribution in [0.1, 0.15) is 57.8 Å². The molecular formula is C22H31N5O4. The number of fused-ring (bicyclic) bond motifs is 2. The number of hydrogen-bond donors (Lipinski definition) is 3. The van der Waals surface area contributed by atoms with E-state index in [2.05, 4.69) is 20.9 Å². The molecule has 1 aromatic carbocycles. The fourth-order valence-corrected chi connectivity index (χ4v) is 5.40. The number of carbonyl (C=O) groups is 2. The number of amides is 3. The Balaban J connectivity index is 1.28. The fourth-order valence-electron chi connectivity index (χ4n) is 5.40. The van der Waals surface area contributed by atoms with Gasteiger partial charge < -0.3 is 16.0 Å². The number of benzene rings is 1. The Kier molecular flexibility index (Phi) is 6.70. The minimum Gasteiger partial charge on any atom is -0.335 e. The van der Waals surface area contributed by atoms with Crippen LogP contribution in [0.2, 0.25) is 0 Å². The van der Waals surface area contributed by atoms with E-state index in [4.69, 9.17) is 0 Å². The van der Waals surface area contributed by atoms with Gasteiger partial charge in [0.25, 0.3) is 5.69 Å². The first-order valence-corrected chi connectivity index (χ1v) is 11.4. The molecule has 2 aliphatic heterocycles. The van der Waals surface area contributed by atoms with Crippen LogP contribution in [0.25, 0.3) is 0 Å². The van der Waals surface area contributed by atoms with Crippen molar-refractivity contribution in [3.63, 3.8) is 0 Å². The van der Waals surface area contributed by atoms with Crippen LogP contribution in [-0.2, 0) is 4.79 Å². The summed E-state index contributed by atoms with van der Waals surface area (Å²) in [7, 11) is 0. The maximum Gasteiger partial charge on any atom is 0.315 e. The molecule has 2 bridgehead atoms. The average Bonchev–Trinajstić information content (AvgIpc) is 2.97. The van der Waals surface area contributed by atoms with Crippen LogP contribution in [-0.4, -0.2) is 52.5 Å². The minimum absolute atomic E-state index is 0.0705. The van der Waals surface area contributed by atoms with Crippen molar-refractivity contribution in [2.75, 3.05) is 11.9 Å². The molecule has 9 heteroatoms. The van der Waals surface area contributed by atoms with Gasteiger partial charge in [-0.3, -0.25) is 19.8 Å². The highest BCUT2D eigenvalue weighted by Gasteiger charge is 2.42. The van der Waals surface area contributed by atoms with Gasteiger partial charge in [0.1, 0.15) is 5.69 Å². The van der Waals surface area contributed by atoms with Crippen LogP contribution in [0.4, 0.5) is 16.2 Å². The van der Waals surface area contributed by atoms with Gasteiger partial charge in [-0.1, -0.05) is 31.4 Å². The summed E-state index contributed by atoms with van der Waals surface area (Å²) in [6.07, 6.45) is 9.41. The largest absolute Gasteiger partial charge is 0.335 e. The first-order valence-electron chi connectivity index (χ1n) is 11.4. The molecule has 9 nitrogen and oxygen atoms in total. The molecule has 2 atom stereocenters. The van der Waals surface area contributed by atoms with Gasteiger partial charge in [0, 0.05) is 30.2 Å². The van der Waals surface area contributed by atoms with Gasteiger partial charge in [-0.15, -0.1) is 0 Å². The van der Waals surface area contributed by atoms with E-state index in [0.29, 0.717) is 0 Å². The lowest BCUT2D eigenvalue weighted by atomic mass is 9.95. The van der Waals surface area contributed by atoms with Crippen molar-refractivity contribution in [2.45, 2.75) is 82.0 Å². The number of hydrogen-bond acceptors (Lipinski definition) is 5. The summed E-state index contributed by atoms with van der Waals surface area (Å²) in [5, 5.41) is 20.1. The Morgan fingerprint density at radius 2 is 1.61 bits per heavy atom. The first kappa shape index (κ1) is 21.5. The lowest BCUT2D eigenvalue weighted by Gasteiger charge is -2.39. The Morgan fingerprint density at radius 1 is 0.968 bits per heavy atom.